The van der Waals surface area contributed by atoms with Gasteiger partial charge in [0.1, 0.15) is 5.82 Å². The molecule has 1 nitrogen and oxygen atoms in total. The second-order valence-corrected chi connectivity index (χ2v) is 3.44. The lowest BCUT2D eigenvalue weighted by atomic mass is 10.2. The fraction of sp³-hybridized carbons (Fsp3) is 0.300. The minimum atomic E-state index is -0.327. The Morgan fingerprint density at radius 1 is 1.46 bits per heavy atom. The zero-order chi connectivity index (χ0) is 9.84. The quantitative estimate of drug-likeness (QED) is 0.648. The average molecular weight is 200 g/mol. The first-order chi connectivity index (χ1) is 6.09. The van der Waals surface area contributed by atoms with Crippen LogP contribution >= 0.6 is 11.6 Å². The Balaban J connectivity index is 2.90. The van der Waals surface area contributed by atoms with Crippen molar-refractivity contribution in [2.75, 3.05) is 0 Å². The maximum atomic E-state index is 12.6. The van der Waals surface area contributed by atoms with Gasteiger partial charge in [0, 0.05) is 17.8 Å². The van der Waals surface area contributed by atoms with Crippen LogP contribution in [0.4, 0.5) is 4.39 Å². The summed E-state index contributed by atoms with van der Waals surface area (Å²) in [7, 11) is 0. The van der Waals surface area contributed by atoms with Crippen LogP contribution in [0.15, 0.2) is 23.2 Å². The molecule has 1 aromatic rings. The Morgan fingerprint density at radius 2 is 2.15 bits per heavy atom. The molecule has 0 aliphatic heterocycles. The first-order valence-electron chi connectivity index (χ1n) is 4.08. The van der Waals surface area contributed by atoms with Crippen molar-refractivity contribution in [3.05, 3.63) is 34.6 Å². The molecule has 0 heterocycles. The highest BCUT2D eigenvalue weighted by Crippen LogP contribution is 2.15. The van der Waals surface area contributed by atoms with Crippen molar-refractivity contribution in [1.82, 2.24) is 0 Å². The van der Waals surface area contributed by atoms with Gasteiger partial charge < -0.3 is 0 Å². The highest BCUT2D eigenvalue weighted by atomic mass is 35.5. The number of hydrogen-bond acceptors (Lipinski definition) is 1. The van der Waals surface area contributed by atoms with Crippen molar-refractivity contribution >= 4 is 17.8 Å². The van der Waals surface area contributed by atoms with E-state index in [1.165, 1.54) is 12.1 Å². The lowest BCUT2D eigenvalue weighted by Gasteiger charge is -1.98. The molecule has 0 aromatic heterocycles. The van der Waals surface area contributed by atoms with Crippen LogP contribution in [0.3, 0.4) is 0 Å². The van der Waals surface area contributed by atoms with Crippen molar-refractivity contribution in [2.24, 2.45) is 4.99 Å². The molecule has 0 saturated carbocycles. The fourth-order valence-electron chi connectivity index (χ4n) is 0.836. The lowest BCUT2D eigenvalue weighted by Crippen LogP contribution is -1.91. The summed E-state index contributed by atoms with van der Waals surface area (Å²) in [4.78, 5) is 4.15. The molecule has 0 N–H and O–H groups in total. The summed E-state index contributed by atoms with van der Waals surface area (Å²) in [5.74, 6) is -0.327. The molecular weight excluding hydrogens is 189 g/mol. The maximum Gasteiger partial charge on any atom is 0.124 e. The van der Waals surface area contributed by atoms with Gasteiger partial charge in [-0.05, 0) is 32.0 Å². The largest absolute Gasteiger partial charge is 0.290 e. The van der Waals surface area contributed by atoms with Gasteiger partial charge in [-0.1, -0.05) is 11.6 Å². The highest BCUT2D eigenvalue weighted by molar-refractivity contribution is 6.33. The Bertz CT molecular complexity index is 321. The van der Waals surface area contributed by atoms with Crippen LogP contribution in [0.1, 0.15) is 19.4 Å². The summed E-state index contributed by atoms with van der Waals surface area (Å²) < 4.78 is 12.6. The number of rotatable bonds is 2. The molecule has 0 saturated heterocycles. The van der Waals surface area contributed by atoms with Gasteiger partial charge >= 0.3 is 0 Å². The molecule has 0 bridgehead atoms. The van der Waals surface area contributed by atoms with Crippen LogP contribution < -0.4 is 0 Å². The van der Waals surface area contributed by atoms with Crippen LogP contribution in [0.2, 0.25) is 5.02 Å². The molecule has 0 unspecified atom stereocenters. The SMILES string of the molecule is CC(C)N=Cc1ccc(F)cc1Cl. The van der Waals surface area contributed by atoms with E-state index >= 15 is 0 Å². The third-order valence-electron chi connectivity index (χ3n) is 1.47. The van der Waals surface area contributed by atoms with E-state index in [4.69, 9.17) is 11.6 Å². The predicted molar refractivity (Wildman–Crippen MR) is 54.1 cm³/mol. The molecule has 0 fully saturated rings. The molecule has 0 aliphatic carbocycles. The Hall–Kier alpha value is -0.890. The van der Waals surface area contributed by atoms with E-state index in [1.807, 2.05) is 13.8 Å². The molecule has 3 heteroatoms. The van der Waals surface area contributed by atoms with E-state index in [-0.39, 0.29) is 11.9 Å². The van der Waals surface area contributed by atoms with Gasteiger partial charge in [-0.25, -0.2) is 4.39 Å². The first-order valence-corrected chi connectivity index (χ1v) is 4.45. The third-order valence-corrected chi connectivity index (χ3v) is 1.80. The van der Waals surface area contributed by atoms with Crippen molar-refractivity contribution in [2.45, 2.75) is 19.9 Å². The molecule has 0 radical (unpaired) electrons. The van der Waals surface area contributed by atoms with Crippen molar-refractivity contribution in [1.29, 1.82) is 0 Å². The Labute approximate surface area is 82.3 Å². The Morgan fingerprint density at radius 3 is 2.69 bits per heavy atom. The van der Waals surface area contributed by atoms with E-state index < -0.39 is 0 Å². The number of benzene rings is 1. The summed E-state index contributed by atoms with van der Waals surface area (Å²) in [5.41, 5.74) is 0.747. The molecular formula is C10H11ClFN. The topological polar surface area (TPSA) is 12.4 Å². The van der Waals surface area contributed by atoms with Crippen LogP contribution in [0.25, 0.3) is 0 Å². The second kappa shape index (κ2) is 4.38. The molecule has 70 valence electrons. The van der Waals surface area contributed by atoms with E-state index in [2.05, 4.69) is 4.99 Å². The molecule has 1 aromatic carbocycles. The van der Waals surface area contributed by atoms with Gasteiger partial charge in [0.25, 0.3) is 0 Å². The Kier molecular flexibility index (Phi) is 3.43. The number of hydrogen-bond donors (Lipinski definition) is 0. The summed E-state index contributed by atoms with van der Waals surface area (Å²) in [6, 6.07) is 4.49. The van der Waals surface area contributed by atoms with E-state index in [0.29, 0.717) is 5.02 Å². The summed E-state index contributed by atoms with van der Waals surface area (Å²) >= 11 is 5.78. The van der Waals surface area contributed by atoms with Crippen LogP contribution in [0.5, 0.6) is 0 Å². The normalized spacial score (nSPS) is 11.5. The summed E-state index contributed by atoms with van der Waals surface area (Å²) in [6.07, 6.45) is 1.66. The number of aliphatic imine (C=N–C) groups is 1. The average Bonchev–Trinajstić information content (AvgIpc) is 2.02. The number of nitrogens with zero attached hydrogens (tertiary/aromatic N) is 1. The van der Waals surface area contributed by atoms with Crippen molar-refractivity contribution in [3.63, 3.8) is 0 Å². The number of halogens is 2. The molecule has 1 rings (SSSR count). The fourth-order valence-corrected chi connectivity index (χ4v) is 1.05. The van der Waals surface area contributed by atoms with E-state index in [0.717, 1.165) is 5.56 Å². The zero-order valence-corrected chi connectivity index (χ0v) is 8.35. The van der Waals surface area contributed by atoms with Gasteiger partial charge in [0.2, 0.25) is 0 Å². The zero-order valence-electron chi connectivity index (χ0n) is 7.59. The minimum absolute atomic E-state index is 0.223. The molecule has 0 spiro atoms. The van der Waals surface area contributed by atoms with Gasteiger partial charge in [0.15, 0.2) is 0 Å². The molecule has 0 amide bonds. The van der Waals surface area contributed by atoms with Gasteiger partial charge in [-0.3, -0.25) is 4.99 Å². The van der Waals surface area contributed by atoms with Crippen LogP contribution in [0, 0.1) is 5.82 Å². The second-order valence-electron chi connectivity index (χ2n) is 3.04. The summed E-state index contributed by atoms with van der Waals surface area (Å²) in [6.45, 7) is 3.93. The van der Waals surface area contributed by atoms with Crippen molar-refractivity contribution in [3.8, 4) is 0 Å². The minimum Gasteiger partial charge on any atom is -0.290 e. The molecule has 0 atom stereocenters. The highest BCUT2D eigenvalue weighted by Gasteiger charge is 1.98. The molecule has 0 aliphatic rings. The van der Waals surface area contributed by atoms with Gasteiger partial charge in [-0.15, -0.1) is 0 Å². The lowest BCUT2D eigenvalue weighted by molar-refractivity contribution is 0.628. The predicted octanol–water partition coefficient (Wildman–Crippen LogP) is 3.31. The summed E-state index contributed by atoms with van der Waals surface area (Å²) in [5, 5.41) is 0.393. The van der Waals surface area contributed by atoms with Gasteiger partial charge in [0.05, 0.1) is 5.02 Å². The first kappa shape index (κ1) is 10.2. The third kappa shape index (κ3) is 3.15. The smallest absolute Gasteiger partial charge is 0.124 e. The van der Waals surface area contributed by atoms with Crippen LogP contribution in [-0.4, -0.2) is 12.3 Å². The van der Waals surface area contributed by atoms with E-state index in [1.54, 1.807) is 12.3 Å². The van der Waals surface area contributed by atoms with E-state index in [9.17, 15) is 4.39 Å². The monoisotopic (exact) mass is 199 g/mol. The van der Waals surface area contributed by atoms with Crippen molar-refractivity contribution < 1.29 is 4.39 Å². The van der Waals surface area contributed by atoms with Gasteiger partial charge in [-0.2, -0.15) is 0 Å². The standard InChI is InChI=1S/C10H11ClFN/c1-7(2)13-6-8-3-4-9(12)5-10(8)11/h3-7H,1-2H3. The molecule has 13 heavy (non-hydrogen) atoms. The van der Waals surface area contributed by atoms with Crippen LogP contribution in [-0.2, 0) is 0 Å². The maximum absolute atomic E-state index is 12.6.